The van der Waals surface area contributed by atoms with Crippen molar-refractivity contribution >= 4 is 0 Å². The van der Waals surface area contributed by atoms with Gasteiger partial charge in [0, 0.05) is 16.7 Å². The summed E-state index contributed by atoms with van der Waals surface area (Å²) in [5.74, 6) is -0.0168. The van der Waals surface area contributed by atoms with Crippen molar-refractivity contribution in [2.24, 2.45) is 0 Å². The zero-order chi connectivity index (χ0) is 19.5. The van der Waals surface area contributed by atoms with Crippen LogP contribution in [0.1, 0.15) is 18.1 Å². The first kappa shape index (κ1) is 18.0. The summed E-state index contributed by atoms with van der Waals surface area (Å²) in [6.07, 6.45) is 0.823. The van der Waals surface area contributed by atoms with Gasteiger partial charge in [0.05, 0.1) is 17.9 Å². The molecule has 140 valence electrons. The van der Waals surface area contributed by atoms with E-state index in [1.54, 1.807) is 24.3 Å². The fraction of sp³-hybridized carbons (Fsp3) is 0.125. The van der Waals surface area contributed by atoms with Gasteiger partial charge < -0.3 is 5.11 Å². The van der Waals surface area contributed by atoms with E-state index >= 15 is 0 Å². The molecule has 0 aliphatic heterocycles. The number of phenols is 1. The maximum atomic E-state index is 13.3. The third kappa shape index (κ3) is 3.54. The van der Waals surface area contributed by atoms with Crippen LogP contribution in [0.15, 0.2) is 78.9 Å². The summed E-state index contributed by atoms with van der Waals surface area (Å²) >= 11 is 0. The van der Waals surface area contributed by atoms with Crippen LogP contribution in [0.2, 0.25) is 0 Å². The monoisotopic (exact) mass is 372 g/mol. The highest BCUT2D eigenvalue weighted by Gasteiger charge is 2.19. The van der Waals surface area contributed by atoms with E-state index in [2.05, 4.69) is 19.1 Å². The first-order valence-electron chi connectivity index (χ1n) is 9.34. The molecule has 0 spiro atoms. The van der Waals surface area contributed by atoms with E-state index in [4.69, 9.17) is 5.10 Å². The topological polar surface area (TPSA) is 38.0 Å². The van der Waals surface area contributed by atoms with Crippen molar-refractivity contribution in [1.82, 2.24) is 9.78 Å². The SMILES string of the molecule is CCc1c(-c2ccccc2)nn(Cc2ccc(F)cc2)c1-c1ccc(O)cc1. The Morgan fingerprint density at radius 3 is 2.18 bits per heavy atom. The Morgan fingerprint density at radius 1 is 0.857 bits per heavy atom. The number of hydrogen-bond donors (Lipinski definition) is 1. The van der Waals surface area contributed by atoms with Crippen LogP contribution in [0.5, 0.6) is 5.75 Å². The molecule has 3 aromatic carbocycles. The number of rotatable bonds is 5. The number of benzene rings is 3. The third-order valence-corrected chi connectivity index (χ3v) is 4.84. The minimum atomic E-state index is -0.248. The van der Waals surface area contributed by atoms with E-state index in [0.717, 1.165) is 40.1 Å². The second-order valence-corrected chi connectivity index (χ2v) is 6.73. The third-order valence-electron chi connectivity index (χ3n) is 4.84. The van der Waals surface area contributed by atoms with Crippen LogP contribution in [0.4, 0.5) is 4.39 Å². The normalized spacial score (nSPS) is 10.9. The number of phenolic OH excluding ortho intramolecular Hbond substituents is 1. The van der Waals surface area contributed by atoms with Gasteiger partial charge in [-0.1, -0.05) is 49.4 Å². The van der Waals surface area contributed by atoms with Crippen LogP contribution < -0.4 is 0 Å². The average molecular weight is 372 g/mol. The predicted octanol–water partition coefficient (Wildman–Crippen LogP) is 5.67. The molecule has 1 heterocycles. The zero-order valence-electron chi connectivity index (χ0n) is 15.6. The second kappa shape index (κ2) is 7.69. The van der Waals surface area contributed by atoms with E-state index in [9.17, 15) is 9.50 Å². The second-order valence-electron chi connectivity index (χ2n) is 6.73. The van der Waals surface area contributed by atoms with Crippen molar-refractivity contribution in [1.29, 1.82) is 0 Å². The van der Waals surface area contributed by atoms with E-state index in [-0.39, 0.29) is 11.6 Å². The van der Waals surface area contributed by atoms with Crippen molar-refractivity contribution in [3.05, 3.63) is 95.8 Å². The van der Waals surface area contributed by atoms with E-state index in [1.165, 1.54) is 12.1 Å². The van der Waals surface area contributed by atoms with Crippen molar-refractivity contribution < 1.29 is 9.50 Å². The molecule has 0 saturated heterocycles. The Bertz CT molecular complexity index is 1070. The van der Waals surface area contributed by atoms with Crippen molar-refractivity contribution in [2.45, 2.75) is 19.9 Å². The number of hydrogen-bond acceptors (Lipinski definition) is 2. The molecule has 0 saturated carbocycles. The summed E-state index contributed by atoms with van der Waals surface area (Å²) < 4.78 is 15.3. The highest BCUT2D eigenvalue weighted by Crippen LogP contribution is 2.34. The van der Waals surface area contributed by atoms with Crippen LogP contribution in [0.3, 0.4) is 0 Å². The van der Waals surface area contributed by atoms with Gasteiger partial charge in [0.25, 0.3) is 0 Å². The molecule has 28 heavy (non-hydrogen) atoms. The summed E-state index contributed by atoms with van der Waals surface area (Å²) in [6.45, 7) is 2.66. The lowest BCUT2D eigenvalue weighted by molar-refractivity contribution is 0.475. The fourth-order valence-corrected chi connectivity index (χ4v) is 3.48. The number of halogens is 1. The van der Waals surface area contributed by atoms with E-state index < -0.39 is 0 Å². The molecular weight excluding hydrogens is 351 g/mol. The van der Waals surface area contributed by atoms with Crippen molar-refractivity contribution in [3.63, 3.8) is 0 Å². The Labute approximate surface area is 163 Å². The average Bonchev–Trinajstić information content (AvgIpc) is 3.09. The Hall–Kier alpha value is -3.40. The zero-order valence-corrected chi connectivity index (χ0v) is 15.6. The standard InChI is InChI=1S/C24H21FN2O/c1-2-22-23(18-6-4-3-5-7-18)26-27(16-17-8-12-20(25)13-9-17)24(22)19-10-14-21(28)15-11-19/h3-15,28H,2,16H2,1H3. The van der Waals surface area contributed by atoms with E-state index in [1.807, 2.05) is 35.0 Å². The molecule has 4 heteroatoms. The number of nitrogens with zero attached hydrogens (tertiary/aromatic N) is 2. The van der Waals surface area contributed by atoms with Crippen LogP contribution >= 0.6 is 0 Å². The first-order valence-corrected chi connectivity index (χ1v) is 9.34. The van der Waals surface area contributed by atoms with Gasteiger partial charge in [0.2, 0.25) is 0 Å². The van der Waals surface area contributed by atoms with Gasteiger partial charge in [-0.2, -0.15) is 5.10 Å². The molecule has 4 rings (SSSR count). The summed E-state index contributed by atoms with van der Waals surface area (Å²) in [7, 11) is 0. The summed E-state index contributed by atoms with van der Waals surface area (Å²) in [6, 6.07) is 23.8. The maximum absolute atomic E-state index is 13.3. The number of aromatic nitrogens is 2. The Morgan fingerprint density at radius 2 is 1.54 bits per heavy atom. The van der Waals surface area contributed by atoms with Crippen LogP contribution in [0, 0.1) is 5.82 Å². The van der Waals surface area contributed by atoms with Gasteiger partial charge in [-0.15, -0.1) is 0 Å². The first-order chi connectivity index (χ1) is 13.7. The molecule has 0 radical (unpaired) electrons. The Kier molecular flexibility index (Phi) is 4.94. The minimum Gasteiger partial charge on any atom is -0.508 e. The van der Waals surface area contributed by atoms with Crippen molar-refractivity contribution in [2.75, 3.05) is 0 Å². The lowest BCUT2D eigenvalue weighted by Crippen LogP contribution is -2.04. The van der Waals surface area contributed by atoms with Gasteiger partial charge in [-0.25, -0.2) is 4.39 Å². The molecule has 1 aromatic heterocycles. The molecule has 0 aliphatic carbocycles. The molecule has 0 atom stereocenters. The van der Waals surface area contributed by atoms with Crippen molar-refractivity contribution in [3.8, 4) is 28.3 Å². The molecule has 0 unspecified atom stereocenters. The van der Waals surface area contributed by atoms with Gasteiger partial charge in [-0.05, 0) is 48.4 Å². The number of aromatic hydroxyl groups is 1. The summed E-state index contributed by atoms with van der Waals surface area (Å²) in [4.78, 5) is 0. The molecule has 1 N–H and O–H groups in total. The van der Waals surface area contributed by atoms with E-state index in [0.29, 0.717) is 6.54 Å². The molecule has 0 fully saturated rings. The molecule has 3 nitrogen and oxygen atoms in total. The maximum Gasteiger partial charge on any atom is 0.123 e. The quantitative estimate of drug-likeness (QED) is 0.490. The molecule has 0 amide bonds. The smallest absolute Gasteiger partial charge is 0.123 e. The largest absolute Gasteiger partial charge is 0.508 e. The molecule has 0 bridgehead atoms. The minimum absolute atomic E-state index is 0.231. The molecule has 4 aromatic rings. The van der Waals surface area contributed by atoms with Crippen LogP contribution in [0.25, 0.3) is 22.5 Å². The van der Waals surface area contributed by atoms with Crippen LogP contribution in [-0.2, 0) is 13.0 Å². The van der Waals surface area contributed by atoms with Gasteiger partial charge in [-0.3, -0.25) is 4.68 Å². The fourth-order valence-electron chi connectivity index (χ4n) is 3.48. The predicted molar refractivity (Wildman–Crippen MR) is 110 cm³/mol. The summed E-state index contributed by atoms with van der Waals surface area (Å²) in [5, 5.41) is 14.6. The lowest BCUT2D eigenvalue weighted by Gasteiger charge is -2.10. The highest BCUT2D eigenvalue weighted by molar-refractivity contribution is 5.75. The molecule has 0 aliphatic rings. The lowest BCUT2D eigenvalue weighted by atomic mass is 10.00. The van der Waals surface area contributed by atoms with Crippen LogP contribution in [-0.4, -0.2) is 14.9 Å². The van der Waals surface area contributed by atoms with Gasteiger partial charge in [0.15, 0.2) is 0 Å². The highest BCUT2D eigenvalue weighted by atomic mass is 19.1. The summed E-state index contributed by atoms with van der Waals surface area (Å²) in [5.41, 5.74) is 6.16. The van der Waals surface area contributed by atoms with Gasteiger partial charge in [0.1, 0.15) is 11.6 Å². The Balaban J connectivity index is 1.88. The molecular formula is C24H21FN2O. The van der Waals surface area contributed by atoms with Gasteiger partial charge >= 0.3 is 0 Å².